The van der Waals surface area contributed by atoms with E-state index in [2.05, 4.69) is 150 Å². The molecule has 0 radical (unpaired) electrons. The van der Waals surface area contributed by atoms with Gasteiger partial charge in [0.05, 0.1) is 15.7 Å². The summed E-state index contributed by atoms with van der Waals surface area (Å²) in [7, 11) is 0. The van der Waals surface area contributed by atoms with Crippen molar-refractivity contribution in [3.05, 3.63) is 182 Å². The van der Waals surface area contributed by atoms with Crippen molar-refractivity contribution in [2.24, 2.45) is 0 Å². The van der Waals surface area contributed by atoms with Crippen molar-refractivity contribution in [2.45, 2.75) is 0 Å². The summed E-state index contributed by atoms with van der Waals surface area (Å²) >= 11 is 1.87. The van der Waals surface area contributed by atoms with Gasteiger partial charge >= 0.3 is 0 Å². The van der Waals surface area contributed by atoms with Crippen LogP contribution < -0.4 is 0 Å². The highest BCUT2D eigenvalue weighted by molar-refractivity contribution is 7.26. The normalized spacial score (nSPS) is 11.9. The summed E-state index contributed by atoms with van der Waals surface area (Å²) in [5.74, 6) is 1.92. The van der Waals surface area contributed by atoms with Crippen LogP contribution in [0.4, 0.5) is 0 Å². The van der Waals surface area contributed by atoms with E-state index in [-0.39, 0.29) is 0 Å². The Hall–Kier alpha value is -7.21. The molecule has 0 fully saturated rings. The summed E-state index contributed by atoms with van der Waals surface area (Å²) in [5, 5.41) is 12.1. The topological polar surface area (TPSA) is 43.6 Å². The summed E-state index contributed by atoms with van der Waals surface area (Å²) < 4.78 is 5.05. The minimum atomic E-state index is 0.637. The van der Waals surface area contributed by atoms with Gasteiger partial charge in [-0.3, -0.25) is 0 Å². The van der Waals surface area contributed by atoms with E-state index in [4.69, 9.17) is 15.0 Å². The Kier molecular flexibility index (Phi) is 6.76. The zero-order valence-electron chi connectivity index (χ0n) is 30.0. The highest BCUT2D eigenvalue weighted by Crippen LogP contribution is 2.46. The molecule has 12 rings (SSSR count). The summed E-state index contributed by atoms with van der Waals surface area (Å²) in [6, 6.07) is 64.9. The van der Waals surface area contributed by atoms with Crippen molar-refractivity contribution < 1.29 is 0 Å². The second kappa shape index (κ2) is 12.2. The largest absolute Gasteiger partial charge is 0.308 e. The first-order chi connectivity index (χ1) is 27.8. The van der Waals surface area contributed by atoms with Crippen LogP contribution >= 0.6 is 11.3 Å². The number of fused-ring (bicyclic) bond motifs is 13. The van der Waals surface area contributed by atoms with Crippen LogP contribution in [0.3, 0.4) is 0 Å². The summed E-state index contributed by atoms with van der Waals surface area (Å²) in [6.07, 6.45) is 0. The molecule has 3 heterocycles. The fourth-order valence-corrected chi connectivity index (χ4v) is 9.99. The van der Waals surface area contributed by atoms with E-state index >= 15 is 0 Å². The molecule has 0 amide bonds. The molecule has 0 aliphatic carbocycles. The zero-order chi connectivity index (χ0) is 36.7. The third-order valence-electron chi connectivity index (χ3n) is 11.2. The first-order valence-electron chi connectivity index (χ1n) is 18.9. The standard InChI is InChI=1S/C51H30N4S/c1-3-15-31(16-4-1)49-52-50(32-17-5-2-6-18-32)54-51(53-49)43-30-33(29-42-36-21-8-7-19-34(36)35-20-9-10-24-39(35)46(42)43)55-44-25-13-11-22-37(44)40-27-28-41-38-23-12-14-26-45(38)56-48(41)47(40)55/h1-30H. The molecule has 0 N–H and O–H groups in total. The molecule has 0 aliphatic heterocycles. The third kappa shape index (κ3) is 4.62. The highest BCUT2D eigenvalue weighted by Gasteiger charge is 2.22. The van der Waals surface area contributed by atoms with Gasteiger partial charge in [0.25, 0.3) is 0 Å². The number of aromatic nitrogens is 4. The smallest absolute Gasteiger partial charge is 0.164 e. The average Bonchev–Trinajstić information content (AvgIpc) is 3.83. The van der Waals surface area contributed by atoms with Crippen LogP contribution in [0.2, 0.25) is 0 Å². The van der Waals surface area contributed by atoms with E-state index in [0.29, 0.717) is 17.5 Å². The summed E-state index contributed by atoms with van der Waals surface area (Å²) in [6.45, 7) is 0. The third-order valence-corrected chi connectivity index (χ3v) is 12.4. The lowest BCUT2D eigenvalue weighted by molar-refractivity contribution is 1.07. The number of hydrogen-bond acceptors (Lipinski definition) is 4. The molecule has 9 aromatic carbocycles. The van der Waals surface area contributed by atoms with Crippen LogP contribution in [0.15, 0.2) is 182 Å². The zero-order valence-corrected chi connectivity index (χ0v) is 30.8. The molecule has 4 nitrogen and oxygen atoms in total. The van der Waals surface area contributed by atoms with E-state index in [1.165, 1.54) is 58.0 Å². The highest BCUT2D eigenvalue weighted by atomic mass is 32.1. The van der Waals surface area contributed by atoms with Crippen molar-refractivity contribution in [3.63, 3.8) is 0 Å². The van der Waals surface area contributed by atoms with Gasteiger partial charge in [0.15, 0.2) is 17.5 Å². The Bertz CT molecular complexity index is 3470. The Morgan fingerprint density at radius 3 is 1.59 bits per heavy atom. The predicted molar refractivity (Wildman–Crippen MR) is 236 cm³/mol. The van der Waals surface area contributed by atoms with Gasteiger partial charge in [0.2, 0.25) is 0 Å². The van der Waals surface area contributed by atoms with Crippen LogP contribution in [0.5, 0.6) is 0 Å². The van der Waals surface area contributed by atoms with Gasteiger partial charge in [-0.25, -0.2) is 15.0 Å². The van der Waals surface area contributed by atoms with Crippen LogP contribution in [-0.4, -0.2) is 19.5 Å². The minimum absolute atomic E-state index is 0.637. The van der Waals surface area contributed by atoms with E-state index in [9.17, 15) is 0 Å². The van der Waals surface area contributed by atoms with Gasteiger partial charge in [-0.05, 0) is 51.2 Å². The number of benzene rings is 9. The van der Waals surface area contributed by atoms with Crippen LogP contribution in [-0.2, 0) is 0 Å². The number of nitrogens with zero attached hydrogens (tertiary/aromatic N) is 4. The fraction of sp³-hybridized carbons (Fsp3) is 0. The molecule has 0 bridgehead atoms. The van der Waals surface area contributed by atoms with Crippen molar-refractivity contribution in [1.29, 1.82) is 0 Å². The first-order valence-corrected chi connectivity index (χ1v) is 19.7. The van der Waals surface area contributed by atoms with Crippen LogP contribution in [0, 0.1) is 0 Å². The van der Waals surface area contributed by atoms with Crippen molar-refractivity contribution in [1.82, 2.24) is 19.5 Å². The lowest BCUT2D eigenvalue weighted by atomic mass is 9.91. The molecular formula is C51H30N4S. The van der Waals surface area contributed by atoms with Crippen LogP contribution in [0.25, 0.3) is 114 Å². The minimum Gasteiger partial charge on any atom is -0.308 e. The van der Waals surface area contributed by atoms with E-state index < -0.39 is 0 Å². The number of para-hydroxylation sites is 1. The number of hydrogen-bond donors (Lipinski definition) is 0. The van der Waals surface area contributed by atoms with Gasteiger partial charge < -0.3 is 4.57 Å². The molecule has 3 aromatic heterocycles. The fourth-order valence-electron chi connectivity index (χ4n) is 8.75. The monoisotopic (exact) mass is 730 g/mol. The van der Waals surface area contributed by atoms with Crippen molar-refractivity contribution >= 4 is 85.6 Å². The molecule has 0 atom stereocenters. The van der Waals surface area contributed by atoms with Crippen LogP contribution in [0.1, 0.15) is 0 Å². The Morgan fingerprint density at radius 1 is 0.375 bits per heavy atom. The lowest BCUT2D eigenvalue weighted by Crippen LogP contribution is -2.02. The van der Waals surface area contributed by atoms with Crippen molar-refractivity contribution in [3.8, 4) is 39.9 Å². The molecule has 56 heavy (non-hydrogen) atoms. The van der Waals surface area contributed by atoms with Gasteiger partial charge in [0.1, 0.15) is 0 Å². The average molecular weight is 731 g/mol. The van der Waals surface area contributed by atoms with E-state index in [0.717, 1.165) is 38.7 Å². The first kappa shape index (κ1) is 31.2. The lowest BCUT2D eigenvalue weighted by Gasteiger charge is -2.18. The molecule has 0 saturated carbocycles. The second-order valence-corrected chi connectivity index (χ2v) is 15.4. The molecule has 5 heteroatoms. The SMILES string of the molecule is c1ccc(-c2nc(-c3ccccc3)nc(-c3cc(-n4c5ccccc5c5ccc6c7ccccc7sc6c54)cc4c5ccccc5c5ccccc5c34)n2)cc1. The van der Waals surface area contributed by atoms with Crippen molar-refractivity contribution in [2.75, 3.05) is 0 Å². The van der Waals surface area contributed by atoms with Gasteiger partial charge in [-0.1, -0.05) is 158 Å². The summed E-state index contributed by atoms with van der Waals surface area (Å²) in [5.41, 5.74) is 6.29. The molecule has 260 valence electrons. The maximum atomic E-state index is 5.33. The van der Waals surface area contributed by atoms with Gasteiger partial charge in [0, 0.05) is 54.0 Å². The maximum Gasteiger partial charge on any atom is 0.164 e. The molecule has 0 aliphatic rings. The number of rotatable bonds is 4. The maximum absolute atomic E-state index is 5.33. The Balaban J connectivity index is 1.28. The molecular weight excluding hydrogens is 701 g/mol. The molecule has 0 unspecified atom stereocenters. The second-order valence-electron chi connectivity index (χ2n) is 14.3. The molecule has 0 spiro atoms. The quantitative estimate of drug-likeness (QED) is 0.169. The number of thiophene rings is 1. The van der Waals surface area contributed by atoms with E-state index in [1.807, 2.05) is 47.7 Å². The van der Waals surface area contributed by atoms with Gasteiger partial charge in [-0.15, -0.1) is 11.3 Å². The Labute approximate surface area is 325 Å². The Morgan fingerprint density at radius 2 is 0.893 bits per heavy atom. The summed E-state index contributed by atoms with van der Waals surface area (Å²) in [4.78, 5) is 15.7. The molecule has 0 saturated heterocycles. The van der Waals surface area contributed by atoms with E-state index in [1.54, 1.807) is 0 Å². The predicted octanol–water partition coefficient (Wildman–Crippen LogP) is 13.8. The molecule has 12 aromatic rings. The van der Waals surface area contributed by atoms with Gasteiger partial charge in [-0.2, -0.15) is 0 Å².